The standard InChI is InChI=1S/C40H24N4O/c1-3-11-26(12-4-1)38-42-39(27-13-5-2-6-14-27)44-40(43-38)28-21-19-25(20-22-28)37-33-24-36-32(30-16-8-10-18-35(30)45-36)23-31(33)29-15-7-9-17-34(29)41-37/h1-24H. The van der Waals surface area contributed by atoms with Gasteiger partial charge in [0, 0.05) is 43.8 Å². The molecule has 5 heteroatoms. The molecule has 9 rings (SSSR count). The Kier molecular flexibility index (Phi) is 5.74. The second kappa shape index (κ2) is 10.2. The van der Waals surface area contributed by atoms with Gasteiger partial charge in [-0.25, -0.2) is 19.9 Å². The highest BCUT2D eigenvalue weighted by molar-refractivity contribution is 6.18. The van der Waals surface area contributed by atoms with Crippen molar-refractivity contribution in [3.05, 3.63) is 146 Å². The van der Waals surface area contributed by atoms with Gasteiger partial charge in [-0.3, -0.25) is 0 Å². The minimum atomic E-state index is 0.620. The molecule has 0 spiro atoms. The van der Waals surface area contributed by atoms with E-state index in [0.717, 1.165) is 71.6 Å². The van der Waals surface area contributed by atoms with Gasteiger partial charge in [-0.15, -0.1) is 0 Å². The van der Waals surface area contributed by atoms with Gasteiger partial charge in [0.25, 0.3) is 0 Å². The molecule has 0 aliphatic heterocycles. The van der Waals surface area contributed by atoms with Crippen molar-refractivity contribution < 1.29 is 4.42 Å². The lowest BCUT2D eigenvalue weighted by Gasteiger charge is -2.11. The number of pyridine rings is 1. The molecule has 0 aliphatic rings. The van der Waals surface area contributed by atoms with E-state index in [9.17, 15) is 0 Å². The van der Waals surface area contributed by atoms with Gasteiger partial charge in [-0.05, 0) is 29.7 Å². The number of hydrogen-bond acceptors (Lipinski definition) is 5. The van der Waals surface area contributed by atoms with Crippen LogP contribution in [0.2, 0.25) is 0 Å². The van der Waals surface area contributed by atoms with Crippen molar-refractivity contribution >= 4 is 43.6 Å². The Bertz CT molecular complexity index is 2460. The number of fused-ring (bicyclic) bond motifs is 6. The molecule has 0 atom stereocenters. The Labute approximate surface area is 258 Å². The van der Waals surface area contributed by atoms with Crippen molar-refractivity contribution in [3.63, 3.8) is 0 Å². The first-order valence-electron chi connectivity index (χ1n) is 14.9. The van der Waals surface area contributed by atoms with E-state index in [1.54, 1.807) is 0 Å². The fourth-order valence-electron chi connectivity index (χ4n) is 6.10. The van der Waals surface area contributed by atoms with Crippen LogP contribution in [0.4, 0.5) is 0 Å². The predicted octanol–water partition coefficient (Wildman–Crippen LogP) is 10.1. The van der Waals surface area contributed by atoms with Crippen LogP contribution in [0.1, 0.15) is 0 Å². The van der Waals surface area contributed by atoms with Crippen molar-refractivity contribution in [1.82, 2.24) is 19.9 Å². The number of rotatable bonds is 4. The minimum absolute atomic E-state index is 0.620. The lowest BCUT2D eigenvalue weighted by molar-refractivity contribution is 0.669. The van der Waals surface area contributed by atoms with Crippen molar-refractivity contribution in [2.75, 3.05) is 0 Å². The Balaban J connectivity index is 1.21. The Morgan fingerprint density at radius 2 is 0.867 bits per heavy atom. The number of aromatic nitrogens is 4. The topological polar surface area (TPSA) is 64.7 Å². The summed E-state index contributed by atoms with van der Waals surface area (Å²) in [6.07, 6.45) is 0. The van der Waals surface area contributed by atoms with Crippen LogP contribution in [0.5, 0.6) is 0 Å². The SMILES string of the molecule is c1ccc(-c2nc(-c3ccccc3)nc(-c3ccc(-c4nc5ccccc5c5cc6c(cc45)oc4ccccc46)cc3)n2)cc1. The third-order valence-electron chi connectivity index (χ3n) is 8.31. The number of hydrogen-bond donors (Lipinski definition) is 0. The molecule has 210 valence electrons. The minimum Gasteiger partial charge on any atom is -0.456 e. The number of benzene rings is 6. The van der Waals surface area contributed by atoms with Crippen LogP contribution < -0.4 is 0 Å². The Morgan fingerprint density at radius 3 is 1.53 bits per heavy atom. The summed E-state index contributed by atoms with van der Waals surface area (Å²) < 4.78 is 6.29. The fraction of sp³-hybridized carbons (Fsp3) is 0. The summed E-state index contributed by atoms with van der Waals surface area (Å²) in [5.41, 5.74) is 7.39. The maximum Gasteiger partial charge on any atom is 0.164 e. The molecule has 0 aliphatic carbocycles. The van der Waals surface area contributed by atoms with Crippen LogP contribution in [0.25, 0.3) is 89.0 Å². The van der Waals surface area contributed by atoms with E-state index in [4.69, 9.17) is 24.4 Å². The highest BCUT2D eigenvalue weighted by Gasteiger charge is 2.16. The van der Waals surface area contributed by atoms with Crippen LogP contribution in [0.15, 0.2) is 150 Å². The second-order valence-electron chi connectivity index (χ2n) is 11.1. The van der Waals surface area contributed by atoms with Crippen molar-refractivity contribution in [2.45, 2.75) is 0 Å². The molecule has 9 aromatic rings. The first kappa shape index (κ1) is 25.3. The zero-order valence-electron chi connectivity index (χ0n) is 24.1. The van der Waals surface area contributed by atoms with E-state index in [2.05, 4.69) is 66.7 Å². The lowest BCUT2D eigenvalue weighted by atomic mass is 9.97. The van der Waals surface area contributed by atoms with E-state index in [1.165, 1.54) is 0 Å². The van der Waals surface area contributed by atoms with Gasteiger partial charge in [0.15, 0.2) is 17.5 Å². The molecule has 0 amide bonds. The summed E-state index contributed by atoms with van der Waals surface area (Å²) in [6.45, 7) is 0. The number of nitrogens with zero attached hydrogens (tertiary/aromatic N) is 4. The van der Waals surface area contributed by atoms with Gasteiger partial charge in [-0.1, -0.05) is 121 Å². The van der Waals surface area contributed by atoms with Crippen LogP contribution in [0.3, 0.4) is 0 Å². The highest BCUT2D eigenvalue weighted by atomic mass is 16.3. The van der Waals surface area contributed by atoms with Gasteiger partial charge >= 0.3 is 0 Å². The third kappa shape index (κ3) is 4.33. The van der Waals surface area contributed by atoms with Crippen molar-refractivity contribution in [3.8, 4) is 45.4 Å². The van der Waals surface area contributed by atoms with Crippen LogP contribution in [-0.4, -0.2) is 19.9 Å². The summed E-state index contributed by atoms with van der Waals surface area (Å²) in [7, 11) is 0. The third-order valence-corrected chi connectivity index (χ3v) is 8.31. The first-order valence-corrected chi connectivity index (χ1v) is 14.9. The molecule has 0 N–H and O–H groups in total. The molecule has 0 bridgehead atoms. The second-order valence-corrected chi connectivity index (χ2v) is 11.1. The smallest absolute Gasteiger partial charge is 0.164 e. The molecule has 45 heavy (non-hydrogen) atoms. The maximum atomic E-state index is 6.29. The van der Waals surface area contributed by atoms with Crippen LogP contribution in [-0.2, 0) is 0 Å². The molecule has 3 aromatic heterocycles. The van der Waals surface area contributed by atoms with Crippen molar-refractivity contribution in [1.29, 1.82) is 0 Å². The van der Waals surface area contributed by atoms with Gasteiger partial charge < -0.3 is 4.42 Å². The zero-order chi connectivity index (χ0) is 29.7. The summed E-state index contributed by atoms with van der Waals surface area (Å²) in [4.78, 5) is 19.8. The molecule has 0 radical (unpaired) electrons. The largest absolute Gasteiger partial charge is 0.456 e. The quantitative estimate of drug-likeness (QED) is 0.195. The number of furan rings is 1. The van der Waals surface area contributed by atoms with Gasteiger partial charge in [0.2, 0.25) is 0 Å². The van der Waals surface area contributed by atoms with E-state index >= 15 is 0 Å². The van der Waals surface area contributed by atoms with Crippen LogP contribution >= 0.6 is 0 Å². The summed E-state index contributed by atoms with van der Waals surface area (Å²) in [5.74, 6) is 1.90. The summed E-state index contributed by atoms with van der Waals surface area (Å²) in [6, 6.07) is 49.3. The molecule has 3 heterocycles. The van der Waals surface area contributed by atoms with Gasteiger partial charge in [0.05, 0.1) is 11.2 Å². The monoisotopic (exact) mass is 576 g/mol. The fourth-order valence-corrected chi connectivity index (χ4v) is 6.10. The average Bonchev–Trinajstić information content (AvgIpc) is 3.49. The molecule has 0 fully saturated rings. The lowest BCUT2D eigenvalue weighted by Crippen LogP contribution is -2.00. The number of para-hydroxylation sites is 2. The maximum absolute atomic E-state index is 6.29. The van der Waals surface area contributed by atoms with Crippen LogP contribution in [0, 0.1) is 0 Å². The Hall–Kier alpha value is -6.20. The molecular formula is C40H24N4O. The predicted molar refractivity (Wildman–Crippen MR) is 182 cm³/mol. The van der Waals surface area contributed by atoms with E-state index in [1.807, 2.05) is 78.9 Å². The normalized spacial score (nSPS) is 11.6. The van der Waals surface area contributed by atoms with E-state index in [0.29, 0.717) is 17.5 Å². The average molecular weight is 577 g/mol. The zero-order valence-corrected chi connectivity index (χ0v) is 24.1. The van der Waals surface area contributed by atoms with E-state index < -0.39 is 0 Å². The summed E-state index contributed by atoms with van der Waals surface area (Å²) >= 11 is 0. The molecule has 0 unspecified atom stereocenters. The van der Waals surface area contributed by atoms with Gasteiger partial charge in [0.1, 0.15) is 11.2 Å². The molecular weight excluding hydrogens is 552 g/mol. The highest BCUT2D eigenvalue weighted by Crippen LogP contribution is 2.39. The first-order chi connectivity index (χ1) is 22.3. The van der Waals surface area contributed by atoms with Crippen molar-refractivity contribution in [2.24, 2.45) is 0 Å². The molecule has 5 nitrogen and oxygen atoms in total. The van der Waals surface area contributed by atoms with Gasteiger partial charge in [-0.2, -0.15) is 0 Å². The molecule has 6 aromatic carbocycles. The Morgan fingerprint density at radius 1 is 0.333 bits per heavy atom. The van der Waals surface area contributed by atoms with E-state index in [-0.39, 0.29) is 0 Å². The molecule has 0 saturated heterocycles. The summed E-state index contributed by atoms with van der Waals surface area (Å²) in [5, 5.41) is 5.53. The molecule has 0 saturated carbocycles.